The largest absolute Gasteiger partial charge is 0.508 e. The molecule has 5 nitrogen and oxygen atoms in total. The van der Waals surface area contributed by atoms with Gasteiger partial charge in [0.15, 0.2) is 6.61 Å². The zero-order valence-electron chi connectivity index (χ0n) is 16.3. The van der Waals surface area contributed by atoms with Crippen LogP contribution in [0, 0.1) is 38.2 Å². The molecule has 2 aliphatic rings. The number of hydrogen-bond acceptors (Lipinski definition) is 4. The van der Waals surface area contributed by atoms with E-state index in [9.17, 15) is 9.90 Å². The van der Waals surface area contributed by atoms with Gasteiger partial charge in [-0.25, -0.2) is 0 Å². The molecule has 2 heterocycles. The molecule has 3 aromatic rings. The molecular formula is C22H19ClN2O3PaY. The van der Waals surface area contributed by atoms with Gasteiger partial charge in [0, 0.05) is 96.1 Å². The van der Waals surface area contributed by atoms with Gasteiger partial charge in [-0.15, -0.1) is 0 Å². The monoisotopic (exact) mass is 714 g/mol. The third-order valence-corrected chi connectivity index (χ3v) is 5.75. The van der Waals surface area contributed by atoms with Crippen molar-refractivity contribution in [3.8, 4) is 22.6 Å². The Labute approximate surface area is 229 Å². The number of carbonyl (C=O) groups is 1. The number of rotatable bonds is 3. The minimum absolute atomic E-state index is 0. The summed E-state index contributed by atoms with van der Waals surface area (Å²) in [4.78, 5) is 14.2. The van der Waals surface area contributed by atoms with E-state index in [2.05, 4.69) is 5.32 Å². The van der Waals surface area contributed by atoms with Crippen LogP contribution in [0.15, 0.2) is 48.5 Å². The first kappa shape index (κ1) is 24.1. The standard InChI is InChI=1S/C22H19ClN2O3.Pa.Y/c23-19-8-20-21(28-12-22(27)25(20)11-13-9-24-10-13)7-18(19)17-6-15(26)5-14-3-1-2-4-16(14)17;;/h1-8,13,24,26H,9-12H2;;. The average molecular weight is 715 g/mol. The molecule has 30 heavy (non-hydrogen) atoms. The summed E-state index contributed by atoms with van der Waals surface area (Å²) in [7, 11) is 0. The normalized spacial score (nSPS) is 15.5. The summed E-state index contributed by atoms with van der Waals surface area (Å²) in [5.41, 5.74) is 2.31. The predicted molar refractivity (Wildman–Crippen MR) is 110 cm³/mol. The zero-order chi connectivity index (χ0) is 19.3. The second kappa shape index (κ2) is 9.93. The van der Waals surface area contributed by atoms with Gasteiger partial charge in [0.1, 0.15) is 11.5 Å². The first-order valence-corrected chi connectivity index (χ1v) is 9.67. The molecule has 3 aromatic carbocycles. The minimum atomic E-state index is -0.0500. The van der Waals surface area contributed by atoms with Crippen LogP contribution in [0.5, 0.6) is 11.5 Å². The summed E-state index contributed by atoms with van der Waals surface area (Å²) >= 11 is 6.66. The number of halogens is 1. The van der Waals surface area contributed by atoms with Gasteiger partial charge in [-0.3, -0.25) is 4.79 Å². The second-order valence-electron chi connectivity index (χ2n) is 7.33. The van der Waals surface area contributed by atoms with E-state index in [4.69, 9.17) is 16.3 Å². The van der Waals surface area contributed by atoms with Gasteiger partial charge in [0.05, 0.1) is 10.7 Å². The summed E-state index contributed by atoms with van der Waals surface area (Å²) in [5, 5.41) is 15.9. The number of hydrogen-bond donors (Lipinski definition) is 2. The van der Waals surface area contributed by atoms with Crippen LogP contribution >= 0.6 is 11.6 Å². The predicted octanol–water partition coefficient (Wildman–Crippen LogP) is 3.81. The number of nitrogens with zero attached hydrogens (tertiary/aromatic N) is 1. The van der Waals surface area contributed by atoms with Gasteiger partial charge in [-0.2, -0.15) is 0 Å². The molecule has 148 valence electrons. The van der Waals surface area contributed by atoms with Crippen LogP contribution in [0.25, 0.3) is 21.9 Å². The molecular weight excluding hydrogens is 696 g/mol. The number of phenols is 1. The molecule has 1 saturated heterocycles. The first-order chi connectivity index (χ1) is 13.6. The Balaban J connectivity index is 0.00000128. The summed E-state index contributed by atoms with van der Waals surface area (Å²) in [6.07, 6.45) is 0. The van der Waals surface area contributed by atoms with Crippen molar-refractivity contribution >= 4 is 34.0 Å². The van der Waals surface area contributed by atoms with Crippen LogP contribution in [0.3, 0.4) is 0 Å². The van der Waals surface area contributed by atoms with E-state index in [1.54, 1.807) is 23.1 Å². The molecule has 0 unspecified atom stereocenters. The van der Waals surface area contributed by atoms with Crippen LogP contribution in [0.2, 0.25) is 5.02 Å². The number of carbonyl (C=O) groups excluding carboxylic acids is 1. The van der Waals surface area contributed by atoms with Crippen molar-refractivity contribution in [3.05, 3.63) is 53.6 Å². The summed E-state index contributed by atoms with van der Waals surface area (Å²) < 4.78 is 5.73. The molecule has 1 amide bonds. The Kier molecular flexibility index (Phi) is 7.97. The molecule has 8 heteroatoms. The van der Waals surface area contributed by atoms with Gasteiger partial charge < -0.3 is 20.1 Å². The van der Waals surface area contributed by atoms with Crippen molar-refractivity contribution in [2.24, 2.45) is 5.92 Å². The van der Waals surface area contributed by atoms with Crippen molar-refractivity contribution in [1.29, 1.82) is 0 Å². The SMILES string of the molecule is O=C1COc2cc(-c3cc(O)cc4ccccc34)c(Cl)cc2N1CC1CNC1.[Pa].[Y]. The summed E-state index contributed by atoms with van der Waals surface area (Å²) in [5.74, 6) is 1.21. The van der Waals surface area contributed by atoms with E-state index in [1.807, 2.05) is 30.3 Å². The number of amides is 1. The first-order valence-electron chi connectivity index (χ1n) is 9.30. The van der Waals surface area contributed by atoms with E-state index >= 15 is 0 Å². The average Bonchev–Trinajstić information content (AvgIpc) is 2.65. The van der Waals surface area contributed by atoms with Crippen molar-refractivity contribution in [3.63, 3.8) is 0 Å². The van der Waals surface area contributed by atoms with Crippen LogP contribution in [0.1, 0.15) is 0 Å². The van der Waals surface area contributed by atoms with Crippen molar-refractivity contribution in [2.75, 3.05) is 31.1 Å². The Bertz CT molecular complexity index is 1110. The number of aromatic hydroxyl groups is 1. The van der Waals surface area contributed by atoms with E-state index < -0.39 is 0 Å². The fourth-order valence-electron chi connectivity index (χ4n) is 3.88. The van der Waals surface area contributed by atoms with E-state index in [1.165, 1.54) is 0 Å². The Morgan fingerprint density at radius 2 is 1.90 bits per heavy atom. The molecule has 0 atom stereocenters. The number of ether oxygens (including phenoxy) is 1. The maximum absolute atomic E-state index is 12.4. The molecule has 0 spiro atoms. The second-order valence-corrected chi connectivity index (χ2v) is 7.74. The maximum Gasteiger partial charge on any atom is 0.265 e. The molecule has 0 bridgehead atoms. The molecule has 2 N–H and O–H groups in total. The Hall–Kier alpha value is -0.565. The third-order valence-electron chi connectivity index (χ3n) is 5.44. The summed E-state index contributed by atoms with van der Waals surface area (Å²) in [6, 6.07) is 15.0. The van der Waals surface area contributed by atoms with Crippen LogP contribution < -0.4 is 15.0 Å². The Morgan fingerprint density at radius 3 is 2.63 bits per heavy atom. The number of nitrogens with one attached hydrogen (secondary N) is 1. The smallest absolute Gasteiger partial charge is 0.265 e. The van der Waals surface area contributed by atoms with Crippen molar-refractivity contribution in [1.82, 2.24) is 5.32 Å². The molecule has 2 radical (unpaired) electrons. The van der Waals surface area contributed by atoms with Gasteiger partial charge >= 0.3 is 0 Å². The van der Waals surface area contributed by atoms with E-state index in [0.29, 0.717) is 28.9 Å². The van der Waals surface area contributed by atoms with E-state index in [0.717, 1.165) is 35.0 Å². The third kappa shape index (κ3) is 4.48. The van der Waals surface area contributed by atoms with Gasteiger partial charge in [0.25, 0.3) is 5.91 Å². The molecule has 0 aliphatic carbocycles. The zero-order valence-corrected chi connectivity index (χ0v) is 24.7. The van der Waals surface area contributed by atoms with Crippen LogP contribution in [0.4, 0.5) is 5.69 Å². The number of benzene rings is 3. The summed E-state index contributed by atoms with van der Waals surface area (Å²) in [6.45, 7) is 2.52. The number of fused-ring (bicyclic) bond motifs is 2. The minimum Gasteiger partial charge on any atom is -0.508 e. The fourth-order valence-corrected chi connectivity index (χ4v) is 4.14. The molecule has 1 fully saturated rings. The van der Waals surface area contributed by atoms with Crippen molar-refractivity contribution < 1.29 is 79.7 Å². The molecule has 2 aliphatic heterocycles. The maximum atomic E-state index is 12.4. The number of phenolic OH excluding ortho intramolecular Hbond substituents is 1. The van der Waals surface area contributed by atoms with Gasteiger partial charge in [-0.05, 0) is 40.6 Å². The van der Waals surface area contributed by atoms with Gasteiger partial charge in [0.2, 0.25) is 0 Å². The topological polar surface area (TPSA) is 61.8 Å². The van der Waals surface area contributed by atoms with Gasteiger partial charge in [-0.1, -0.05) is 35.9 Å². The molecule has 5 rings (SSSR count). The van der Waals surface area contributed by atoms with Crippen LogP contribution in [-0.4, -0.2) is 37.3 Å². The molecule has 0 saturated carbocycles. The Morgan fingerprint density at radius 1 is 1.13 bits per heavy atom. The van der Waals surface area contributed by atoms with E-state index in [-0.39, 0.29) is 83.3 Å². The fraction of sp³-hybridized carbons (Fsp3) is 0.227. The molecule has 0 aromatic heterocycles. The quantitative estimate of drug-likeness (QED) is 0.434. The number of anilines is 1. The van der Waals surface area contributed by atoms with Crippen molar-refractivity contribution in [2.45, 2.75) is 0 Å². The van der Waals surface area contributed by atoms with Crippen LogP contribution in [-0.2, 0) is 37.5 Å².